The van der Waals surface area contributed by atoms with Crippen molar-refractivity contribution < 1.29 is 14.6 Å². The molecule has 0 atom stereocenters. The van der Waals surface area contributed by atoms with Crippen LogP contribution in [0.5, 0.6) is 5.75 Å². The number of carboxylic acid groups (broad SMARTS) is 1. The molecule has 0 aromatic heterocycles. The fourth-order valence-electron chi connectivity index (χ4n) is 1.06. The second kappa shape index (κ2) is 4.86. The Balaban J connectivity index is 2.92. The Labute approximate surface area is 86.9 Å². The molecular weight excluding hydrogens is 196 g/mol. The average Bonchev–Trinajstić information content (AvgIpc) is 2.25. The van der Waals surface area contributed by atoms with Crippen LogP contribution >= 0.6 is 0 Å². The zero-order chi connectivity index (χ0) is 11.3. The fraction of sp³-hybridized carbons (Fsp3) is 0.200. The summed E-state index contributed by atoms with van der Waals surface area (Å²) < 4.78 is 4.96. The van der Waals surface area contributed by atoms with Gasteiger partial charge in [-0.05, 0) is 12.1 Å². The summed E-state index contributed by atoms with van der Waals surface area (Å²) in [7, 11) is 1.50. The fourth-order valence-corrected chi connectivity index (χ4v) is 1.06. The van der Waals surface area contributed by atoms with Gasteiger partial charge in [-0.1, -0.05) is 0 Å². The standard InChI is InChI=1S/C10H10N2O3/c1-15-8-3-2-7(5-11)9(4-8)12-6-10(13)14/h2-4,12H,6H2,1H3,(H,13,14). The van der Waals surface area contributed by atoms with Gasteiger partial charge in [-0.25, -0.2) is 0 Å². The highest BCUT2D eigenvalue weighted by Crippen LogP contribution is 2.21. The van der Waals surface area contributed by atoms with Crippen LogP contribution in [-0.4, -0.2) is 24.7 Å². The van der Waals surface area contributed by atoms with E-state index >= 15 is 0 Å². The Hall–Kier alpha value is -2.22. The molecule has 0 aliphatic carbocycles. The molecule has 0 radical (unpaired) electrons. The van der Waals surface area contributed by atoms with Crippen LogP contribution in [0.15, 0.2) is 18.2 Å². The molecule has 0 saturated carbocycles. The summed E-state index contributed by atoms with van der Waals surface area (Å²) in [6.07, 6.45) is 0. The van der Waals surface area contributed by atoms with E-state index in [0.29, 0.717) is 17.0 Å². The van der Waals surface area contributed by atoms with E-state index in [4.69, 9.17) is 15.1 Å². The first-order chi connectivity index (χ1) is 7.17. The summed E-state index contributed by atoms with van der Waals surface area (Å²) in [4.78, 5) is 10.4. The van der Waals surface area contributed by atoms with Gasteiger partial charge in [0.2, 0.25) is 0 Å². The van der Waals surface area contributed by atoms with Crippen LogP contribution in [0.1, 0.15) is 5.56 Å². The molecule has 78 valence electrons. The van der Waals surface area contributed by atoms with Crippen LogP contribution < -0.4 is 10.1 Å². The van der Waals surface area contributed by atoms with Crippen molar-refractivity contribution in [3.05, 3.63) is 23.8 Å². The van der Waals surface area contributed by atoms with Crippen LogP contribution in [0, 0.1) is 11.3 Å². The van der Waals surface area contributed by atoms with Crippen molar-refractivity contribution >= 4 is 11.7 Å². The highest BCUT2D eigenvalue weighted by Gasteiger charge is 2.04. The summed E-state index contributed by atoms with van der Waals surface area (Å²) in [5, 5.41) is 19.9. The molecule has 0 amide bonds. The Morgan fingerprint density at radius 3 is 2.93 bits per heavy atom. The topological polar surface area (TPSA) is 82.3 Å². The normalized spacial score (nSPS) is 9.07. The molecule has 5 heteroatoms. The summed E-state index contributed by atoms with van der Waals surface area (Å²) in [5.41, 5.74) is 0.844. The number of nitrogens with one attached hydrogen (secondary N) is 1. The smallest absolute Gasteiger partial charge is 0.322 e. The third-order valence-electron chi connectivity index (χ3n) is 1.78. The minimum atomic E-state index is -0.985. The first kappa shape index (κ1) is 10.9. The predicted octanol–water partition coefficient (Wildman–Crippen LogP) is 1.06. The van der Waals surface area contributed by atoms with Crippen LogP contribution in [0.3, 0.4) is 0 Å². The molecule has 0 bridgehead atoms. The summed E-state index contributed by atoms with van der Waals surface area (Å²) in [6.45, 7) is -0.234. The van der Waals surface area contributed by atoms with E-state index in [9.17, 15) is 4.79 Å². The molecule has 0 aliphatic rings. The number of aliphatic carboxylic acids is 1. The van der Waals surface area contributed by atoms with Crippen LogP contribution in [-0.2, 0) is 4.79 Å². The number of anilines is 1. The lowest BCUT2D eigenvalue weighted by Gasteiger charge is -2.07. The zero-order valence-electron chi connectivity index (χ0n) is 8.15. The third kappa shape index (κ3) is 2.88. The maximum Gasteiger partial charge on any atom is 0.322 e. The van der Waals surface area contributed by atoms with Crippen molar-refractivity contribution in [2.24, 2.45) is 0 Å². The van der Waals surface area contributed by atoms with Crippen molar-refractivity contribution in [1.29, 1.82) is 5.26 Å². The van der Waals surface area contributed by atoms with Gasteiger partial charge >= 0.3 is 5.97 Å². The highest BCUT2D eigenvalue weighted by atomic mass is 16.5. The first-order valence-electron chi connectivity index (χ1n) is 4.21. The number of hydrogen-bond acceptors (Lipinski definition) is 4. The highest BCUT2D eigenvalue weighted by molar-refractivity contribution is 5.74. The summed E-state index contributed by atoms with van der Waals surface area (Å²) in [6, 6.07) is 6.76. The van der Waals surface area contributed by atoms with E-state index in [2.05, 4.69) is 5.32 Å². The van der Waals surface area contributed by atoms with E-state index in [-0.39, 0.29) is 6.54 Å². The number of nitriles is 1. The second-order valence-electron chi connectivity index (χ2n) is 2.77. The second-order valence-corrected chi connectivity index (χ2v) is 2.77. The molecule has 1 rings (SSSR count). The number of ether oxygens (including phenoxy) is 1. The third-order valence-corrected chi connectivity index (χ3v) is 1.78. The Morgan fingerprint density at radius 1 is 1.67 bits per heavy atom. The molecule has 2 N–H and O–H groups in total. The number of benzene rings is 1. The Morgan fingerprint density at radius 2 is 2.40 bits per heavy atom. The Kier molecular flexibility index (Phi) is 3.52. The van der Waals surface area contributed by atoms with E-state index in [0.717, 1.165) is 0 Å². The largest absolute Gasteiger partial charge is 0.497 e. The summed E-state index contributed by atoms with van der Waals surface area (Å²) in [5.74, 6) is -0.413. The van der Waals surface area contributed by atoms with Gasteiger partial charge in [0.05, 0.1) is 18.4 Å². The lowest BCUT2D eigenvalue weighted by molar-refractivity contribution is -0.134. The lowest BCUT2D eigenvalue weighted by atomic mass is 10.2. The molecular formula is C10H10N2O3. The first-order valence-corrected chi connectivity index (χ1v) is 4.21. The molecule has 0 unspecified atom stereocenters. The van der Waals surface area contributed by atoms with Gasteiger partial charge in [-0.2, -0.15) is 5.26 Å². The van der Waals surface area contributed by atoms with E-state index < -0.39 is 5.97 Å². The maximum atomic E-state index is 10.4. The quantitative estimate of drug-likeness (QED) is 0.769. The average molecular weight is 206 g/mol. The minimum absolute atomic E-state index is 0.234. The lowest BCUT2D eigenvalue weighted by Crippen LogP contribution is -2.13. The van der Waals surface area contributed by atoms with Gasteiger partial charge in [0.1, 0.15) is 18.4 Å². The number of rotatable bonds is 4. The minimum Gasteiger partial charge on any atom is -0.497 e. The maximum absolute atomic E-state index is 10.4. The molecule has 15 heavy (non-hydrogen) atoms. The molecule has 0 spiro atoms. The molecule has 0 fully saturated rings. The molecule has 1 aromatic carbocycles. The Bertz CT molecular complexity index is 410. The van der Waals surface area contributed by atoms with Gasteiger partial charge in [-0.15, -0.1) is 0 Å². The van der Waals surface area contributed by atoms with Gasteiger partial charge < -0.3 is 15.2 Å². The van der Waals surface area contributed by atoms with Crippen molar-refractivity contribution in [2.75, 3.05) is 19.0 Å². The van der Waals surface area contributed by atoms with E-state index in [1.165, 1.54) is 7.11 Å². The molecule has 5 nitrogen and oxygen atoms in total. The van der Waals surface area contributed by atoms with E-state index in [1.807, 2.05) is 6.07 Å². The number of carboxylic acids is 1. The monoisotopic (exact) mass is 206 g/mol. The number of carbonyl (C=O) groups is 1. The van der Waals surface area contributed by atoms with E-state index in [1.54, 1.807) is 18.2 Å². The zero-order valence-corrected chi connectivity index (χ0v) is 8.15. The van der Waals surface area contributed by atoms with Gasteiger partial charge in [0, 0.05) is 6.07 Å². The molecule has 0 aliphatic heterocycles. The van der Waals surface area contributed by atoms with Crippen LogP contribution in [0.4, 0.5) is 5.69 Å². The number of methoxy groups -OCH3 is 1. The van der Waals surface area contributed by atoms with Gasteiger partial charge in [0.25, 0.3) is 0 Å². The van der Waals surface area contributed by atoms with Gasteiger partial charge in [-0.3, -0.25) is 4.79 Å². The molecule has 0 saturated heterocycles. The SMILES string of the molecule is COc1ccc(C#N)c(NCC(=O)O)c1. The van der Waals surface area contributed by atoms with Gasteiger partial charge in [0.15, 0.2) is 0 Å². The van der Waals surface area contributed by atoms with Crippen molar-refractivity contribution in [1.82, 2.24) is 0 Å². The predicted molar refractivity (Wildman–Crippen MR) is 53.8 cm³/mol. The molecule has 1 aromatic rings. The van der Waals surface area contributed by atoms with Crippen LogP contribution in [0.2, 0.25) is 0 Å². The van der Waals surface area contributed by atoms with Crippen molar-refractivity contribution in [3.8, 4) is 11.8 Å². The van der Waals surface area contributed by atoms with Crippen molar-refractivity contribution in [3.63, 3.8) is 0 Å². The summed E-state index contributed by atoms with van der Waals surface area (Å²) >= 11 is 0. The number of nitrogens with zero attached hydrogens (tertiary/aromatic N) is 1. The van der Waals surface area contributed by atoms with Crippen molar-refractivity contribution in [2.45, 2.75) is 0 Å². The number of hydrogen-bond donors (Lipinski definition) is 2. The van der Waals surface area contributed by atoms with Crippen LogP contribution in [0.25, 0.3) is 0 Å². The molecule has 0 heterocycles.